The van der Waals surface area contributed by atoms with Gasteiger partial charge in [0.15, 0.2) is 0 Å². The van der Waals surface area contributed by atoms with E-state index in [1.54, 1.807) is 0 Å². The lowest BCUT2D eigenvalue weighted by molar-refractivity contribution is 0.105. The van der Waals surface area contributed by atoms with E-state index in [0.717, 1.165) is 18.4 Å². The van der Waals surface area contributed by atoms with Gasteiger partial charge < -0.3 is 20.5 Å². The normalized spacial score (nSPS) is 22.0. The van der Waals surface area contributed by atoms with Crippen LogP contribution in [0.15, 0.2) is 30.3 Å². The van der Waals surface area contributed by atoms with Crippen molar-refractivity contribution >= 4 is 6.09 Å². The molecule has 1 saturated carbocycles. The van der Waals surface area contributed by atoms with E-state index in [1.807, 2.05) is 44.2 Å². The van der Waals surface area contributed by atoms with Gasteiger partial charge in [0.2, 0.25) is 0 Å². The Bertz CT molecular complexity index is 458. The summed E-state index contributed by atoms with van der Waals surface area (Å²) in [7, 11) is 0. The third-order valence-electron chi connectivity index (χ3n) is 4.06. The fourth-order valence-corrected chi connectivity index (χ4v) is 2.36. The van der Waals surface area contributed by atoms with Gasteiger partial charge >= 0.3 is 6.09 Å². The number of hydrogen-bond acceptors (Lipinski definition) is 4. The van der Waals surface area contributed by atoms with Crippen LogP contribution >= 0.6 is 0 Å². The van der Waals surface area contributed by atoms with E-state index in [2.05, 4.69) is 10.6 Å². The molecule has 1 unspecified atom stereocenters. The molecule has 0 heterocycles. The molecule has 1 fully saturated rings. The summed E-state index contributed by atoms with van der Waals surface area (Å²) < 4.78 is 5.19. The molecule has 1 aromatic rings. The number of benzene rings is 1. The van der Waals surface area contributed by atoms with Crippen LogP contribution in [0.4, 0.5) is 4.79 Å². The summed E-state index contributed by atoms with van der Waals surface area (Å²) in [6.07, 6.45) is 1.08. The minimum Gasteiger partial charge on any atom is -0.445 e. The number of nitrogens with one attached hydrogen (secondary N) is 2. The van der Waals surface area contributed by atoms with Crippen LogP contribution in [0.1, 0.15) is 32.3 Å². The van der Waals surface area contributed by atoms with E-state index < -0.39 is 0 Å². The van der Waals surface area contributed by atoms with E-state index in [9.17, 15) is 9.90 Å². The molecule has 0 aromatic heterocycles. The number of carbonyl (C=O) groups is 1. The molecule has 122 valence electrons. The Morgan fingerprint density at radius 2 is 1.95 bits per heavy atom. The Balaban J connectivity index is 1.56. The second-order valence-electron chi connectivity index (χ2n) is 6.29. The maximum Gasteiger partial charge on any atom is 0.407 e. The first-order chi connectivity index (χ1) is 10.5. The second-order valence-corrected chi connectivity index (χ2v) is 6.29. The number of rotatable bonds is 7. The quantitative estimate of drug-likeness (QED) is 0.721. The fourth-order valence-electron chi connectivity index (χ4n) is 2.36. The highest BCUT2D eigenvalue weighted by atomic mass is 16.5. The lowest BCUT2D eigenvalue weighted by Crippen LogP contribution is -2.53. The van der Waals surface area contributed by atoms with Crippen molar-refractivity contribution in [2.75, 3.05) is 6.54 Å². The average molecular weight is 306 g/mol. The molecule has 0 radical (unpaired) electrons. The lowest BCUT2D eigenvalue weighted by Gasteiger charge is -2.36. The molecule has 1 amide bonds. The predicted molar refractivity (Wildman–Crippen MR) is 85.4 cm³/mol. The van der Waals surface area contributed by atoms with Gasteiger partial charge in [-0.3, -0.25) is 0 Å². The van der Waals surface area contributed by atoms with E-state index >= 15 is 0 Å². The molecule has 5 heteroatoms. The molecule has 0 aliphatic heterocycles. The van der Waals surface area contributed by atoms with Crippen LogP contribution in [0.25, 0.3) is 0 Å². The lowest BCUT2D eigenvalue weighted by atomic mass is 9.86. The van der Waals surface area contributed by atoms with E-state index in [4.69, 9.17) is 4.74 Å². The Kier molecular flexibility index (Phi) is 6.21. The van der Waals surface area contributed by atoms with Crippen molar-refractivity contribution in [1.82, 2.24) is 10.6 Å². The molecule has 1 aliphatic carbocycles. The number of carbonyl (C=O) groups excluding carboxylic acids is 1. The number of alkyl carbamates (subject to hydrolysis) is 1. The first kappa shape index (κ1) is 16.8. The van der Waals surface area contributed by atoms with Crippen LogP contribution in [0.5, 0.6) is 0 Å². The van der Waals surface area contributed by atoms with Gasteiger partial charge in [-0.1, -0.05) is 44.2 Å². The highest BCUT2D eigenvalue weighted by Gasteiger charge is 2.30. The molecule has 1 aliphatic rings. The summed E-state index contributed by atoms with van der Waals surface area (Å²) >= 11 is 0. The number of amides is 1. The van der Waals surface area contributed by atoms with Crippen LogP contribution in [0.2, 0.25) is 0 Å². The first-order valence-electron chi connectivity index (χ1n) is 7.93. The average Bonchev–Trinajstić information content (AvgIpc) is 2.47. The summed E-state index contributed by atoms with van der Waals surface area (Å²) in [5, 5.41) is 15.9. The molecule has 3 N–H and O–H groups in total. The summed E-state index contributed by atoms with van der Waals surface area (Å²) in [6, 6.07) is 10.2. The maximum absolute atomic E-state index is 11.7. The Hall–Kier alpha value is -1.59. The number of aliphatic hydroxyl groups is 1. The molecule has 1 aromatic carbocycles. The van der Waals surface area contributed by atoms with Crippen molar-refractivity contribution in [3.8, 4) is 0 Å². The Morgan fingerprint density at radius 1 is 1.27 bits per heavy atom. The van der Waals surface area contributed by atoms with Gasteiger partial charge in [0.1, 0.15) is 6.61 Å². The first-order valence-corrected chi connectivity index (χ1v) is 7.93. The van der Waals surface area contributed by atoms with Crippen molar-refractivity contribution in [3.63, 3.8) is 0 Å². The van der Waals surface area contributed by atoms with E-state index in [1.165, 1.54) is 0 Å². The molecule has 2 rings (SSSR count). The number of aliphatic hydroxyl groups excluding tert-OH is 1. The van der Waals surface area contributed by atoms with Crippen LogP contribution in [0.3, 0.4) is 0 Å². The SMILES string of the molecule is CC(C)C(O)CNC1CC(NC(=O)OCc2ccccc2)C1. The van der Waals surface area contributed by atoms with Crippen LogP contribution in [0, 0.1) is 5.92 Å². The third kappa shape index (κ3) is 5.31. The monoisotopic (exact) mass is 306 g/mol. The predicted octanol–water partition coefficient (Wildman–Crippen LogP) is 2.05. The zero-order valence-corrected chi connectivity index (χ0v) is 13.3. The van der Waals surface area contributed by atoms with Crippen LogP contribution in [-0.4, -0.2) is 35.9 Å². The molecular formula is C17H26N2O3. The van der Waals surface area contributed by atoms with Crippen molar-refractivity contribution in [2.24, 2.45) is 5.92 Å². The summed E-state index contributed by atoms with van der Waals surface area (Å²) in [5.74, 6) is 0.259. The zero-order valence-electron chi connectivity index (χ0n) is 13.3. The molecule has 5 nitrogen and oxygen atoms in total. The highest BCUT2D eigenvalue weighted by Crippen LogP contribution is 2.20. The number of hydrogen-bond donors (Lipinski definition) is 3. The van der Waals surface area contributed by atoms with Gasteiger partial charge in [0, 0.05) is 18.6 Å². The van der Waals surface area contributed by atoms with Crippen molar-refractivity contribution in [1.29, 1.82) is 0 Å². The molecule has 0 spiro atoms. The molecule has 0 bridgehead atoms. The number of ether oxygens (including phenoxy) is 1. The van der Waals surface area contributed by atoms with Gasteiger partial charge in [0.25, 0.3) is 0 Å². The zero-order chi connectivity index (χ0) is 15.9. The maximum atomic E-state index is 11.7. The topological polar surface area (TPSA) is 70.6 Å². The summed E-state index contributed by atoms with van der Waals surface area (Å²) in [6.45, 7) is 4.90. The second kappa shape index (κ2) is 8.15. The molecular weight excluding hydrogens is 280 g/mol. The van der Waals surface area contributed by atoms with Gasteiger partial charge in [-0.25, -0.2) is 4.79 Å². The minimum absolute atomic E-state index is 0.164. The van der Waals surface area contributed by atoms with Gasteiger partial charge in [-0.2, -0.15) is 0 Å². The molecule has 0 saturated heterocycles. The van der Waals surface area contributed by atoms with Crippen molar-refractivity contribution < 1.29 is 14.6 Å². The van der Waals surface area contributed by atoms with Gasteiger partial charge in [-0.15, -0.1) is 0 Å². The van der Waals surface area contributed by atoms with Crippen molar-refractivity contribution in [2.45, 2.75) is 51.5 Å². The van der Waals surface area contributed by atoms with Gasteiger partial charge in [0.05, 0.1) is 6.10 Å². The largest absolute Gasteiger partial charge is 0.445 e. The molecule has 22 heavy (non-hydrogen) atoms. The third-order valence-corrected chi connectivity index (χ3v) is 4.06. The van der Waals surface area contributed by atoms with E-state index in [-0.39, 0.29) is 24.2 Å². The summed E-state index contributed by atoms with van der Waals surface area (Å²) in [4.78, 5) is 11.7. The van der Waals surface area contributed by atoms with Crippen LogP contribution in [-0.2, 0) is 11.3 Å². The summed E-state index contributed by atoms with van der Waals surface area (Å²) in [5.41, 5.74) is 0.980. The van der Waals surface area contributed by atoms with Crippen molar-refractivity contribution in [3.05, 3.63) is 35.9 Å². The van der Waals surface area contributed by atoms with E-state index in [0.29, 0.717) is 19.2 Å². The highest BCUT2D eigenvalue weighted by molar-refractivity contribution is 5.67. The fraction of sp³-hybridized carbons (Fsp3) is 0.588. The molecule has 1 atom stereocenters. The smallest absolute Gasteiger partial charge is 0.407 e. The Labute approximate surface area is 132 Å². The van der Waals surface area contributed by atoms with Gasteiger partial charge in [-0.05, 0) is 24.3 Å². The Morgan fingerprint density at radius 3 is 2.59 bits per heavy atom. The standard InChI is InChI=1S/C17H26N2O3/c1-12(2)16(20)10-18-14-8-15(9-14)19-17(21)22-11-13-6-4-3-5-7-13/h3-7,12,14-16,18,20H,8-11H2,1-2H3,(H,19,21). The van der Waals surface area contributed by atoms with Crippen LogP contribution < -0.4 is 10.6 Å². The minimum atomic E-state index is -0.366.